The molecule has 0 aliphatic rings. The summed E-state index contributed by atoms with van der Waals surface area (Å²) >= 11 is 0. The number of amides is 1. The Balaban J connectivity index is 2.10. The summed E-state index contributed by atoms with van der Waals surface area (Å²) in [5.74, 6) is -0.905. The molecule has 0 aliphatic heterocycles. The highest BCUT2D eigenvalue weighted by molar-refractivity contribution is 5.94. The summed E-state index contributed by atoms with van der Waals surface area (Å²) in [4.78, 5) is 12.0. The molecule has 0 radical (unpaired) electrons. The van der Waals surface area contributed by atoms with E-state index in [1.54, 1.807) is 0 Å². The monoisotopic (exact) mass is 272 g/mol. The van der Waals surface area contributed by atoms with Gasteiger partial charge in [0.15, 0.2) is 0 Å². The van der Waals surface area contributed by atoms with E-state index in [-0.39, 0.29) is 23.2 Å². The van der Waals surface area contributed by atoms with Gasteiger partial charge in [0, 0.05) is 5.56 Å². The lowest BCUT2D eigenvalue weighted by Crippen LogP contribution is -2.26. The van der Waals surface area contributed by atoms with Crippen LogP contribution in [0.3, 0.4) is 0 Å². The van der Waals surface area contributed by atoms with E-state index in [0.717, 1.165) is 17.2 Å². The molecule has 0 bridgehead atoms. The molecule has 2 rings (SSSR count). The van der Waals surface area contributed by atoms with Gasteiger partial charge in [-0.3, -0.25) is 4.79 Å². The van der Waals surface area contributed by atoms with Crippen molar-refractivity contribution in [3.8, 4) is 0 Å². The van der Waals surface area contributed by atoms with E-state index >= 15 is 0 Å². The third-order valence-corrected chi connectivity index (χ3v) is 3.19. The number of aryl methyl sites for hydroxylation is 1. The zero-order chi connectivity index (χ0) is 14.7. The molecule has 2 aromatic rings. The van der Waals surface area contributed by atoms with Crippen LogP contribution in [-0.4, -0.2) is 5.91 Å². The summed E-state index contributed by atoms with van der Waals surface area (Å²) in [5.41, 5.74) is 7.84. The number of carbonyl (C=O) groups is 1. The number of hydrogen-bond donors (Lipinski definition) is 2. The summed E-state index contributed by atoms with van der Waals surface area (Å²) in [6.45, 7) is 3.89. The highest BCUT2D eigenvalue weighted by atomic mass is 19.1. The molecule has 2 aromatic carbocycles. The average Bonchev–Trinajstić information content (AvgIpc) is 2.42. The quantitative estimate of drug-likeness (QED) is 0.843. The Labute approximate surface area is 117 Å². The maximum absolute atomic E-state index is 13.3. The van der Waals surface area contributed by atoms with E-state index in [4.69, 9.17) is 5.73 Å². The van der Waals surface area contributed by atoms with E-state index < -0.39 is 5.82 Å². The highest BCUT2D eigenvalue weighted by Gasteiger charge is 2.12. The molecule has 0 saturated heterocycles. The van der Waals surface area contributed by atoms with Gasteiger partial charge in [-0.25, -0.2) is 4.39 Å². The lowest BCUT2D eigenvalue weighted by atomic mass is 10.1. The third-order valence-electron chi connectivity index (χ3n) is 3.19. The Hall–Kier alpha value is -2.36. The van der Waals surface area contributed by atoms with Crippen molar-refractivity contribution in [3.05, 3.63) is 65.0 Å². The molecule has 0 saturated carbocycles. The fraction of sp³-hybridized carbons (Fsp3) is 0.188. The van der Waals surface area contributed by atoms with Crippen molar-refractivity contribution in [1.82, 2.24) is 5.32 Å². The molecule has 104 valence electrons. The number of nitrogens with two attached hydrogens (primary N) is 1. The van der Waals surface area contributed by atoms with Crippen molar-refractivity contribution in [1.29, 1.82) is 0 Å². The van der Waals surface area contributed by atoms with Crippen molar-refractivity contribution in [2.24, 2.45) is 0 Å². The standard InChI is InChI=1S/C16H17FN2O/c1-10-3-5-12(6-4-10)11(2)19-16(20)13-7-8-15(18)14(17)9-13/h3-9,11H,18H2,1-2H3,(H,19,20)/t11-/m0/s1. The number of benzene rings is 2. The SMILES string of the molecule is Cc1ccc([C@H](C)NC(=O)c2ccc(N)c(F)c2)cc1. The van der Waals surface area contributed by atoms with Crippen molar-refractivity contribution in [2.45, 2.75) is 19.9 Å². The number of anilines is 1. The first-order valence-corrected chi connectivity index (χ1v) is 6.40. The molecule has 20 heavy (non-hydrogen) atoms. The molecule has 0 heterocycles. The van der Waals surface area contributed by atoms with E-state index in [0.29, 0.717) is 0 Å². The smallest absolute Gasteiger partial charge is 0.251 e. The number of nitrogens with one attached hydrogen (secondary N) is 1. The van der Waals surface area contributed by atoms with Crippen molar-refractivity contribution in [2.75, 3.05) is 5.73 Å². The first-order chi connectivity index (χ1) is 9.47. The summed E-state index contributed by atoms with van der Waals surface area (Å²) in [5, 5.41) is 2.83. The van der Waals surface area contributed by atoms with Gasteiger partial charge in [0.05, 0.1) is 11.7 Å². The molecule has 3 N–H and O–H groups in total. The predicted molar refractivity (Wildman–Crippen MR) is 77.9 cm³/mol. The van der Waals surface area contributed by atoms with Crippen LogP contribution in [0.2, 0.25) is 0 Å². The molecule has 0 aromatic heterocycles. The third kappa shape index (κ3) is 3.15. The minimum absolute atomic E-state index is 0.0353. The zero-order valence-corrected chi connectivity index (χ0v) is 11.5. The minimum atomic E-state index is -0.583. The number of carbonyl (C=O) groups excluding carboxylic acids is 1. The first-order valence-electron chi connectivity index (χ1n) is 6.40. The molecule has 1 atom stereocenters. The molecule has 4 heteroatoms. The van der Waals surface area contributed by atoms with Gasteiger partial charge in [0.1, 0.15) is 5.82 Å². The maximum Gasteiger partial charge on any atom is 0.251 e. The Morgan fingerprint density at radius 3 is 2.45 bits per heavy atom. The van der Waals surface area contributed by atoms with E-state index in [1.165, 1.54) is 12.1 Å². The second kappa shape index (κ2) is 5.74. The van der Waals surface area contributed by atoms with Gasteiger partial charge in [-0.05, 0) is 37.6 Å². The molecular formula is C16H17FN2O. The lowest BCUT2D eigenvalue weighted by Gasteiger charge is -2.15. The topological polar surface area (TPSA) is 55.1 Å². The van der Waals surface area contributed by atoms with Crippen LogP contribution in [-0.2, 0) is 0 Å². The Kier molecular flexibility index (Phi) is 4.03. The second-order valence-electron chi connectivity index (χ2n) is 4.84. The molecule has 0 aliphatic carbocycles. The Morgan fingerprint density at radius 1 is 1.20 bits per heavy atom. The van der Waals surface area contributed by atoms with Crippen LogP contribution < -0.4 is 11.1 Å². The Bertz CT molecular complexity index is 623. The second-order valence-corrected chi connectivity index (χ2v) is 4.84. The lowest BCUT2D eigenvalue weighted by molar-refractivity contribution is 0.0939. The summed E-state index contributed by atoms with van der Waals surface area (Å²) in [7, 11) is 0. The molecule has 1 amide bonds. The molecule has 0 spiro atoms. The van der Waals surface area contributed by atoms with Crippen molar-refractivity contribution < 1.29 is 9.18 Å². The molecular weight excluding hydrogens is 255 g/mol. The Morgan fingerprint density at radius 2 is 1.85 bits per heavy atom. The van der Waals surface area contributed by atoms with Crippen LogP contribution in [0.1, 0.15) is 34.5 Å². The zero-order valence-electron chi connectivity index (χ0n) is 11.5. The van der Waals surface area contributed by atoms with Gasteiger partial charge in [-0.1, -0.05) is 29.8 Å². The molecule has 3 nitrogen and oxygen atoms in total. The van der Waals surface area contributed by atoms with Crippen LogP contribution in [0.4, 0.5) is 10.1 Å². The molecule has 0 fully saturated rings. The average molecular weight is 272 g/mol. The number of halogens is 1. The van der Waals surface area contributed by atoms with E-state index in [1.807, 2.05) is 38.1 Å². The van der Waals surface area contributed by atoms with Crippen LogP contribution in [0.25, 0.3) is 0 Å². The van der Waals surface area contributed by atoms with E-state index in [9.17, 15) is 9.18 Å². The number of nitrogen functional groups attached to an aromatic ring is 1. The highest BCUT2D eigenvalue weighted by Crippen LogP contribution is 2.16. The van der Waals surface area contributed by atoms with Gasteiger partial charge in [-0.15, -0.1) is 0 Å². The number of hydrogen-bond acceptors (Lipinski definition) is 2. The van der Waals surface area contributed by atoms with Gasteiger partial charge in [-0.2, -0.15) is 0 Å². The molecule has 0 unspecified atom stereocenters. The number of rotatable bonds is 3. The van der Waals surface area contributed by atoms with Crippen LogP contribution >= 0.6 is 0 Å². The first kappa shape index (κ1) is 14.1. The van der Waals surface area contributed by atoms with Crippen LogP contribution in [0, 0.1) is 12.7 Å². The fourth-order valence-electron chi connectivity index (χ4n) is 1.89. The summed E-state index contributed by atoms with van der Waals surface area (Å²) < 4.78 is 13.3. The predicted octanol–water partition coefficient (Wildman–Crippen LogP) is 3.21. The van der Waals surface area contributed by atoms with E-state index in [2.05, 4.69) is 5.32 Å². The summed E-state index contributed by atoms with van der Waals surface area (Å²) in [6, 6.07) is 11.8. The van der Waals surface area contributed by atoms with Gasteiger partial charge in [0.2, 0.25) is 0 Å². The fourth-order valence-corrected chi connectivity index (χ4v) is 1.89. The van der Waals surface area contributed by atoms with Gasteiger partial charge in [0.25, 0.3) is 5.91 Å². The van der Waals surface area contributed by atoms with Crippen LogP contribution in [0.15, 0.2) is 42.5 Å². The van der Waals surface area contributed by atoms with Crippen LogP contribution in [0.5, 0.6) is 0 Å². The minimum Gasteiger partial charge on any atom is -0.396 e. The van der Waals surface area contributed by atoms with Crippen molar-refractivity contribution in [3.63, 3.8) is 0 Å². The van der Waals surface area contributed by atoms with Gasteiger partial charge < -0.3 is 11.1 Å². The largest absolute Gasteiger partial charge is 0.396 e. The normalized spacial score (nSPS) is 11.9. The van der Waals surface area contributed by atoms with Crippen molar-refractivity contribution >= 4 is 11.6 Å². The maximum atomic E-state index is 13.3. The summed E-state index contributed by atoms with van der Waals surface area (Å²) in [6.07, 6.45) is 0. The van der Waals surface area contributed by atoms with Gasteiger partial charge >= 0.3 is 0 Å².